The van der Waals surface area contributed by atoms with Crippen LogP contribution >= 0.6 is 11.6 Å². The standard InChI is InChI=1S/C33H40ClN3O5S/c1-20-24-13-25(14-24)31(41-3)27-9-6-23(27)17-37-18-33(12-4-5-21-15-26(34)8-10-28(21)33)19-42-30-11-7-22(16-29(30)37)32(38)35-43(39,40)36(20)2/h7-8,10-11,13,15-16,20,23-24,27,31H,4-6,9,12,14,17-19H2,1-3H3,(H,35,38)/t20-,23-,24+,27+,31+,33-/m0/s1. The van der Waals surface area contributed by atoms with Gasteiger partial charge in [0.05, 0.1) is 18.4 Å². The average Bonchev–Trinajstić information content (AvgIpc) is 3.09. The number of nitrogens with one attached hydrogen (secondary N) is 1. The van der Waals surface area contributed by atoms with Crippen molar-refractivity contribution in [3.05, 3.63) is 69.8 Å². The minimum Gasteiger partial charge on any atom is -0.490 e. The molecule has 3 aliphatic carbocycles. The Morgan fingerprint density at radius 1 is 1.16 bits per heavy atom. The molecule has 0 unspecified atom stereocenters. The van der Waals surface area contributed by atoms with Crippen molar-refractivity contribution in [2.75, 3.05) is 38.8 Å². The number of hydrogen-bond acceptors (Lipinski definition) is 6. The van der Waals surface area contributed by atoms with Crippen LogP contribution < -0.4 is 14.4 Å². The van der Waals surface area contributed by atoms with Crippen molar-refractivity contribution in [3.63, 3.8) is 0 Å². The summed E-state index contributed by atoms with van der Waals surface area (Å²) in [7, 11) is -0.727. The van der Waals surface area contributed by atoms with Crippen molar-refractivity contribution in [1.29, 1.82) is 0 Å². The highest BCUT2D eigenvalue weighted by Gasteiger charge is 2.46. The predicted molar refractivity (Wildman–Crippen MR) is 167 cm³/mol. The molecular formula is C33H40ClN3O5S. The lowest BCUT2D eigenvalue weighted by molar-refractivity contribution is -0.000510. The van der Waals surface area contributed by atoms with Crippen LogP contribution in [0.5, 0.6) is 5.75 Å². The molecule has 1 spiro atoms. The first kappa shape index (κ1) is 29.1. The third-order valence-electron chi connectivity index (χ3n) is 10.9. The molecule has 230 valence electrons. The fraction of sp³-hybridized carbons (Fsp3) is 0.545. The number of ether oxygens (including phenoxy) is 2. The zero-order chi connectivity index (χ0) is 30.1. The third kappa shape index (κ3) is 4.96. The first-order chi connectivity index (χ1) is 20.6. The first-order valence-corrected chi connectivity index (χ1v) is 17.2. The maximum absolute atomic E-state index is 13.4. The summed E-state index contributed by atoms with van der Waals surface area (Å²) in [5.74, 6) is 0.954. The van der Waals surface area contributed by atoms with Gasteiger partial charge < -0.3 is 14.4 Å². The molecule has 6 atom stereocenters. The second-order valence-electron chi connectivity index (χ2n) is 13.2. The van der Waals surface area contributed by atoms with Gasteiger partial charge in [-0.3, -0.25) is 4.79 Å². The van der Waals surface area contributed by atoms with Crippen LogP contribution in [0.3, 0.4) is 0 Å². The van der Waals surface area contributed by atoms with Crippen LogP contribution in [0.2, 0.25) is 5.02 Å². The van der Waals surface area contributed by atoms with Gasteiger partial charge in [0, 0.05) is 49.3 Å². The van der Waals surface area contributed by atoms with Crippen molar-refractivity contribution in [2.24, 2.45) is 17.8 Å². The molecule has 6 aliphatic rings. The number of halogens is 1. The second kappa shape index (κ2) is 10.8. The number of rotatable bonds is 1. The van der Waals surface area contributed by atoms with Gasteiger partial charge in [0.1, 0.15) is 5.75 Å². The van der Waals surface area contributed by atoms with Gasteiger partial charge in [-0.05, 0) is 110 Å². The van der Waals surface area contributed by atoms with E-state index in [1.54, 1.807) is 13.2 Å². The summed E-state index contributed by atoms with van der Waals surface area (Å²) >= 11 is 6.42. The van der Waals surface area contributed by atoms with Gasteiger partial charge in [-0.25, -0.2) is 4.72 Å². The Kier molecular flexibility index (Phi) is 7.31. The highest BCUT2D eigenvalue weighted by molar-refractivity contribution is 7.87. The number of carbonyl (C=O) groups is 1. The number of amides is 1. The van der Waals surface area contributed by atoms with Gasteiger partial charge in [-0.15, -0.1) is 0 Å². The molecule has 0 radical (unpaired) electrons. The number of methoxy groups -OCH3 is 1. The van der Waals surface area contributed by atoms with Crippen LogP contribution in [0.1, 0.15) is 60.5 Å². The molecule has 4 bridgehead atoms. The summed E-state index contributed by atoms with van der Waals surface area (Å²) in [6.07, 6.45) is 8.25. The minimum absolute atomic E-state index is 0.0252. The first-order valence-electron chi connectivity index (χ1n) is 15.4. The molecule has 2 aromatic carbocycles. The number of fused-ring (bicyclic) bond motifs is 6. The Labute approximate surface area is 259 Å². The predicted octanol–water partition coefficient (Wildman–Crippen LogP) is 5.11. The largest absolute Gasteiger partial charge is 0.490 e. The SMILES string of the molecule is CO[C@@H]1C2=C[C@H](C2)[C@H](C)N(C)S(=O)(=O)NC(=O)c2ccc3c(c2)N(C[C@@H]2CC[C@H]21)C[C@@]1(CCCc2cc(Cl)ccc21)CO3. The van der Waals surface area contributed by atoms with E-state index in [0.29, 0.717) is 29.8 Å². The van der Waals surface area contributed by atoms with E-state index >= 15 is 0 Å². The number of nitrogens with zero attached hydrogens (tertiary/aromatic N) is 2. The van der Waals surface area contributed by atoms with E-state index < -0.39 is 16.1 Å². The maximum atomic E-state index is 13.4. The Hall–Kier alpha value is -2.59. The maximum Gasteiger partial charge on any atom is 0.304 e. The lowest BCUT2D eigenvalue weighted by Crippen LogP contribution is -2.51. The summed E-state index contributed by atoms with van der Waals surface area (Å²) in [5, 5.41) is 0.750. The van der Waals surface area contributed by atoms with E-state index in [4.69, 9.17) is 21.1 Å². The van der Waals surface area contributed by atoms with E-state index in [1.165, 1.54) is 28.1 Å². The normalized spacial score (nSPS) is 33.5. The molecule has 8 nitrogen and oxygen atoms in total. The average molecular weight is 626 g/mol. The van der Waals surface area contributed by atoms with Gasteiger partial charge in [0.2, 0.25) is 0 Å². The summed E-state index contributed by atoms with van der Waals surface area (Å²) in [5.41, 5.74) is 4.72. The molecule has 0 aromatic heterocycles. The molecule has 2 aromatic rings. The fourth-order valence-corrected chi connectivity index (χ4v) is 9.42. The summed E-state index contributed by atoms with van der Waals surface area (Å²) in [4.78, 5) is 15.8. The van der Waals surface area contributed by atoms with Crippen LogP contribution in [-0.2, 0) is 26.8 Å². The van der Waals surface area contributed by atoms with Gasteiger partial charge in [0.25, 0.3) is 5.91 Å². The lowest BCUT2D eigenvalue weighted by Gasteiger charge is -2.48. The van der Waals surface area contributed by atoms with Crippen LogP contribution in [0, 0.1) is 17.8 Å². The van der Waals surface area contributed by atoms with Crippen molar-refractivity contribution in [1.82, 2.24) is 9.03 Å². The molecule has 1 N–H and O–H groups in total. The molecule has 8 rings (SSSR count). The molecular weight excluding hydrogens is 586 g/mol. The highest BCUT2D eigenvalue weighted by Crippen LogP contribution is 2.49. The topological polar surface area (TPSA) is 88.2 Å². The van der Waals surface area contributed by atoms with Gasteiger partial charge in [-0.2, -0.15) is 12.7 Å². The number of aryl methyl sites for hydroxylation is 1. The van der Waals surface area contributed by atoms with E-state index in [1.807, 2.05) is 25.1 Å². The summed E-state index contributed by atoms with van der Waals surface area (Å²) in [6.45, 7) is 3.97. The van der Waals surface area contributed by atoms with Crippen LogP contribution in [-0.4, -0.2) is 64.6 Å². The lowest BCUT2D eigenvalue weighted by atomic mass is 9.65. The van der Waals surface area contributed by atoms with Crippen molar-refractivity contribution >= 4 is 33.4 Å². The second-order valence-corrected chi connectivity index (χ2v) is 15.4. The van der Waals surface area contributed by atoms with Gasteiger partial charge in [-0.1, -0.05) is 23.7 Å². The van der Waals surface area contributed by atoms with E-state index in [-0.39, 0.29) is 23.5 Å². The Morgan fingerprint density at radius 2 is 1.98 bits per heavy atom. The van der Waals surface area contributed by atoms with Crippen molar-refractivity contribution < 1.29 is 22.7 Å². The smallest absolute Gasteiger partial charge is 0.304 e. The molecule has 1 fully saturated rings. The van der Waals surface area contributed by atoms with E-state index in [9.17, 15) is 13.2 Å². The van der Waals surface area contributed by atoms with E-state index in [2.05, 4.69) is 27.8 Å². The Morgan fingerprint density at radius 3 is 2.72 bits per heavy atom. The monoisotopic (exact) mass is 625 g/mol. The Balaban J connectivity index is 1.32. The highest BCUT2D eigenvalue weighted by atomic mass is 35.5. The molecule has 10 heteroatoms. The molecule has 3 heterocycles. The molecule has 1 saturated carbocycles. The number of benzene rings is 2. The fourth-order valence-electron chi connectivity index (χ4n) is 8.13. The zero-order valence-corrected chi connectivity index (χ0v) is 26.6. The van der Waals surface area contributed by atoms with Gasteiger partial charge in [0.15, 0.2) is 0 Å². The van der Waals surface area contributed by atoms with Gasteiger partial charge >= 0.3 is 10.2 Å². The molecule has 3 aliphatic heterocycles. The summed E-state index contributed by atoms with van der Waals surface area (Å²) < 4.78 is 42.9. The molecule has 1 amide bonds. The van der Waals surface area contributed by atoms with Crippen LogP contribution in [0.15, 0.2) is 48.0 Å². The summed E-state index contributed by atoms with van der Waals surface area (Å²) in [6, 6.07) is 11.2. The molecule has 0 saturated heterocycles. The third-order valence-corrected chi connectivity index (χ3v) is 12.7. The minimum atomic E-state index is -4.05. The van der Waals surface area contributed by atoms with Crippen LogP contribution in [0.25, 0.3) is 0 Å². The van der Waals surface area contributed by atoms with Crippen molar-refractivity contribution in [3.8, 4) is 5.75 Å². The number of carbonyl (C=O) groups excluding carboxylic acids is 1. The van der Waals surface area contributed by atoms with E-state index in [0.717, 1.165) is 62.3 Å². The molecule has 43 heavy (non-hydrogen) atoms. The van der Waals surface area contributed by atoms with Crippen molar-refractivity contribution in [2.45, 2.75) is 63.0 Å². The Bertz CT molecular complexity index is 1590. The number of anilines is 1. The van der Waals surface area contributed by atoms with Crippen LogP contribution in [0.4, 0.5) is 5.69 Å². The zero-order valence-electron chi connectivity index (χ0n) is 25.0. The quantitative estimate of drug-likeness (QED) is 0.443. The number of hydrogen-bond donors (Lipinski definition) is 1.